The Kier molecular flexibility index (Phi) is 9.68. The Balaban J connectivity index is 1.66. The number of ether oxygens (including phenoxy) is 4. The molecule has 10 heteroatoms. The van der Waals surface area contributed by atoms with Crippen molar-refractivity contribution in [3.8, 4) is 23.0 Å². The average Bonchev–Trinajstić information content (AvgIpc) is 2.91. The zero-order valence-corrected chi connectivity index (χ0v) is 21.8. The molecule has 0 saturated heterocycles. The second-order valence-corrected chi connectivity index (χ2v) is 8.34. The second-order valence-electron chi connectivity index (χ2n) is 7.49. The van der Waals surface area contributed by atoms with E-state index in [9.17, 15) is 9.59 Å². The lowest BCUT2D eigenvalue weighted by molar-refractivity contribution is 0.0696. The molecule has 1 amide bonds. The van der Waals surface area contributed by atoms with Gasteiger partial charge in [-0.2, -0.15) is 5.10 Å². The Hall–Kier alpha value is -4.31. The molecule has 2 N–H and O–H groups in total. The number of hydrazone groups is 1. The Morgan fingerprint density at radius 3 is 2.32 bits per heavy atom. The van der Waals surface area contributed by atoms with Gasteiger partial charge in [0, 0.05) is 5.56 Å². The highest BCUT2D eigenvalue weighted by Gasteiger charge is 2.13. The van der Waals surface area contributed by atoms with E-state index in [2.05, 4.69) is 33.0 Å². The fourth-order valence-corrected chi connectivity index (χ4v) is 3.73. The summed E-state index contributed by atoms with van der Waals surface area (Å²) in [6, 6.07) is 14.7. The summed E-state index contributed by atoms with van der Waals surface area (Å²) >= 11 is 3.48. The standard InChI is InChI=1S/C27H25BrN2O7/c1-4-11-36-22-10-9-20(14-23(22)34-2)26(31)30-29-15-18-12-21(28)25(24(13-18)35-3)37-16-17-5-7-19(8-6-17)27(32)33/h4-10,12-15H,1,11,16H2,2-3H3,(H,30,31)(H,32,33)/b29-15+. The first kappa shape index (κ1) is 27.3. The van der Waals surface area contributed by atoms with Gasteiger partial charge in [-0.25, -0.2) is 10.2 Å². The molecule has 3 aromatic rings. The summed E-state index contributed by atoms with van der Waals surface area (Å²) < 4.78 is 22.7. The first-order valence-electron chi connectivity index (χ1n) is 10.9. The highest BCUT2D eigenvalue weighted by Crippen LogP contribution is 2.37. The van der Waals surface area contributed by atoms with Gasteiger partial charge in [0.2, 0.25) is 0 Å². The molecule has 0 bridgehead atoms. The SMILES string of the molecule is C=CCOc1ccc(C(=O)N/N=C/c2cc(Br)c(OCc3ccc(C(=O)O)cc3)c(OC)c2)cc1OC. The van der Waals surface area contributed by atoms with E-state index in [1.54, 1.807) is 48.5 Å². The summed E-state index contributed by atoms with van der Waals surface area (Å²) in [5.74, 6) is 0.419. The molecule has 192 valence electrons. The molecule has 0 heterocycles. The number of nitrogens with zero attached hydrogens (tertiary/aromatic N) is 1. The van der Waals surface area contributed by atoms with Crippen LogP contribution in [0, 0.1) is 0 Å². The van der Waals surface area contributed by atoms with Crippen LogP contribution in [0.1, 0.15) is 31.8 Å². The van der Waals surface area contributed by atoms with Crippen LogP contribution in [0.2, 0.25) is 0 Å². The van der Waals surface area contributed by atoms with Gasteiger partial charge in [0.15, 0.2) is 23.0 Å². The monoisotopic (exact) mass is 568 g/mol. The number of benzene rings is 3. The topological polar surface area (TPSA) is 116 Å². The van der Waals surface area contributed by atoms with Gasteiger partial charge >= 0.3 is 5.97 Å². The van der Waals surface area contributed by atoms with Crippen LogP contribution >= 0.6 is 15.9 Å². The predicted octanol–water partition coefficient (Wildman–Crippen LogP) is 5.07. The molecule has 0 aliphatic carbocycles. The van der Waals surface area contributed by atoms with Crippen molar-refractivity contribution in [1.29, 1.82) is 0 Å². The van der Waals surface area contributed by atoms with Gasteiger partial charge in [-0.1, -0.05) is 24.8 Å². The van der Waals surface area contributed by atoms with Crippen molar-refractivity contribution in [2.24, 2.45) is 5.10 Å². The van der Waals surface area contributed by atoms with Crippen LogP contribution in [0.5, 0.6) is 23.0 Å². The van der Waals surface area contributed by atoms with Crippen molar-refractivity contribution in [3.63, 3.8) is 0 Å². The summed E-state index contributed by atoms with van der Waals surface area (Å²) in [6.45, 7) is 4.13. The summed E-state index contributed by atoms with van der Waals surface area (Å²) in [7, 11) is 3.00. The van der Waals surface area contributed by atoms with Crippen molar-refractivity contribution in [2.45, 2.75) is 6.61 Å². The van der Waals surface area contributed by atoms with Gasteiger partial charge in [0.1, 0.15) is 13.2 Å². The lowest BCUT2D eigenvalue weighted by Gasteiger charge is -2.13. The lowest BCUT2D eigenvalue weighted by atomic mass is 10.1. The van der Waals surface area contributed by atoms with E-state index in [0.717, 1.165) is 5.56 Å². The molecule has 0 atom stereocenters. The third-order valence-electron chi connectivity index (χ3n) is 5.00. The largest absolute Gasteiger partial charge is 0.493 e. The van der Waals surface area contributed by atoms with E-state index < -0.39 is 11.9 Å². The molecule has 3 rings (SSSR count). The molecular weight excluding hydrogens is 544 g/mol. The van der Waals surface area contributed by atoms with Crippen molar-refractivity contribution < 1.29 is 33.6 Å². The van der Waals surface area contributed by atoms with Crippen molar-refractivity contribution >= 4 is 34.0 Å². The second kappa shape index (κ2) is 13.1. The molecule has 0 aromatic heterocycles. The molecule has 0 fully saturated rings. The number of carbonyl (C=O) groups excluding carboxylic acids is 1. The number of methoxy groups -OCH3 is 2. The molecule has 37 heavy (non-hydrogen) atoms. The number of hydrogen-bond donors (Lipinski definition) is 2. The van der Waals surface area contributed by atoms with E-state index in [1.165, 1.54) is 32.6 Å². The molecule has 0 aliphatic heterocycles. The number of rotatable bonds is 12. The van der Waals surface area contributed by atoms with Gasteiger partial charge in [0.25, 0.3) is 5.91 Å². The zero-order chi connectivity index (χ0) is 26.8. The number of nitrogens with one attached hydrogen (secondary N) is 1. The van der Waals surface area contributed by atoms with Gasteiger partial charge in [-0.3, -0.25) is 4.79 Å². The third-order valence-corrected chi connectivity index (χ3v) is 5.59. The van der Waals surface area contributed by atoms with Crippen LogP contribution in [-0.4, -0.2) is 44.0 Å². The number of carboxylic acids is 1. The van der Waals surface area contributed by atoms with Gasteiger partial charge in [-0.05, 0) is 69.5 Å². The Labute approximate surface area is 222 Å². The van der Waals surface area contributed by atoms with Gasteiger partial charge in [0.05, 0.1) is 30.5 Å². The smallest absolute Gasteiger partial charge is 0.335 e. The molecule has 3 aromatic carbocycles. The minimum Gasteiger partial charge on any atom is -0.493 e. The maximum absolute atomic E-state index is 12.5. The zero-order valence-electron chi connectivity index (χ0n) is 20.2. The van der Waals surface area contributed by atoms with Crippen LogP contribution in [0.3, 0.4) is 0 Å². The summed E-state index contributed by atoms with van der Waals surface area (Å²) in [5.41, 5.74) is 4.47. The van der Waals surface area contributed by atoms with Crippen molar-refractivity contribution in [2.75, 3.05) is 20.8 Å². The number of carbonyl (C=O) groups is 2. The van der Waals surface area contributed by atoms with Gasteiger partial charge in [-0.15, -0.1) is 0 Å². The number of aromatic carboxylic acids is 1. The van der Waals surface area contributed by atoms with Gasteiger partial charge < -0.3 is 24.1 Å². The number of amides is 1. The van der Waals surface area contributed by atoms with E-state index >= 15 is 0 Å². The Morgan fingerprint density at radius 2 is 1.68 bits per heavy atom. The minimum atomic E-state index is -0.989. The van der Waals surface area contributed by atoms with Crippen LogP contribution in [0.4, 0.5) is 0 Å². The van der Waals surface area contributed by atoms with Crippen LogP contribution in [-0.2, 0) is 6.61 Å². The molecule has 0 radical (unpaired) electrons. The average molecular weight is 569 g/mol. The fraction of sp³-hybridized carbons (Fsp3) is 0.148. The van der Waals surface area contributed by atoms with E-state index in [1.807, 2.05) is 0 Å². The predicted molar refractivity (Wildman–Crippen MR) is 142 cm³/mol. The molecule has 9 nitrogen and oxygen atoms in total. The normalized spacial score (nSPS) is 10.6. The highest BCUT2D eigenvalue weighted by atomic mass is 79.9. The summed E-state index contributed by atoms with van der Waals surface area (Å²) in [5, 5.41) is 13.1. The first-order chi connectivity index (χ1) is 17.9. The number of halogens is 1. The summed E-state index contributed by atoms with van der Waals surface area (Å²) in [6.07, 6.45) is 3.08. The lowest BCUT2D eigenvalue weighted by Crippen LogP contribution is -2.17. The minimum absolute atomic E-state index is 0.201. The molecule has 0 spiro atoms. The Bertz CT molecular complexity index is 1310. The summed E-state index contributed by atoms with van der Waals surface area (Å²) in [4.78, 5) is 23.5. The Morgan fingerprint density at radius 1 is 0.973 bits per heavy atom. The van der Waals surface area contributed by atoms with E-state index in [0.29, 0.717) is 45.2 Å². The van der Waals surface area contributed by atoms with Crippen molar-refractivity contribution in [3.05, 3.63) is 94.0 Å². The van der Waals surface area contributed by atoms with Crippen LogP contribution in [0.25, 0.3) is 0 Å². The van der Waals surface area contributed by atoms with Crippen molar-refractivity contribution in [1.82, 2.24) is 5.43 Å². The van der Waals surface area contributed by atoms with Crippen LogP contribution in [0.15, 0.2) is 76.8 Å². The quantitative estimate of drug-likeness (QED) is 0.178. The van der Waals surface area contributed by atoms with E-state index in [-0.39, 0.29) is 12.2 Å². The molecular formula is C27H25BrN2O7. The maximum atomic E-state index is 12.5. The number of hydrogen-bond acceptors (Lipinski definition) is 7. The molecule has 0 aliphatic rings. The van der Waals surface area contributed by atoms with E-state index in [4.69, 9.17) is 24.1 Å². The molecule has 0 unspecified atom stereocenters. The third kappa shape index (κ3) is 7.34. The fourth-order valence-electron chi connectivity index (χ4n) is 3.16. The first-order valence-corrected chi connectivity index (χ1v) is 11.7. The molecule has 0 saturated carbocycles. The van der Waals surface area contributed by atoms with Crippen LogP contribution < -0.4 is 24.4 Å². The maximum Gasteiger partial charge on any atom is 0.335 e. The highest BCUT2D eigenvalue weighted by molar-refractivity contribution is 9.10. The number of carboxylic acid groups (broad SMARTS) is 1.